The summed E-state index contributed by atoms with van der Waals surface area (Å²) in [6.45, 7) is 3.95. The van der Waals surface area contributed by atoms with Crippen molar-refractivity contribution in [2.24, 2.45) is 0 Å². The summed E-state index contributed by atoms with van der Waals surface area (Å²) in [5.74, 6) is 0.204. The van der Waals surface area contributed by atoms with Gasteiger partial charge in [0.15, 0.2) is 0 Å². The van der Waals surface area contributed by atoms with Crippen molar-refractivity contribution in [1.29, 1.82) is 0 Å². The smallest absolute Gasteiger partial charge is 0.295 e. The van der Waals surface area contributed by atoms with Crippen molar-refractivity contribution >= 4 is 17.4 Å². The molecule has 1 atom stereocenters. The first-order valence-electron chi connectivity index (χ1n) is 11.0. The fraction of sp³-hybridized carbons (Fsp3) is 0.259. The van der Waals surface area contributed by atoms with Gasteiger partial charge < -0.3 is 23.9 Å². The van der Waals surface area contributed by atoms with Crippen LogP contribution in [0, 0.1) is 13.8 Å². The first-order valence-corrected chi connectivity index (χ1v) is 11.0. The van der Waals surface area contributed by atoms with Crippen LogP contribution in [0.5, 0.6) is 11.5 Å². The van der Waals surface area contributed by atoms with Crippen molar-refractivity contribution in [3.8, 4) is 11.5 Å². The molecule has 1 N–H and O–H groups in total. The number of methoxy groups -OCH3 is 2. The highest BCUT2D eigenvalue weighted by Crippen LogP contribution is 2.40. The topological polar surface area (TPSA) is 89.2 Å². The third-order valence-corrected chi connectivity index (χ3v) is 6.15. The Labute approximate surface area is 198 Å². The van der Waals surface area contributed by atoms with Crippen LogP contribution in [-0.2, 0) is 16.0 Å². The Kier molecular flexibility index (Phi) is 6.45. The van der Waals surface area contributed by atoms with Crippen molar-refractivity contribution in [2.45, 2.75) is 26.3 Å². The normalized spacial score (nSPS) is 17.3. The van der Waals surface area contributed by atoms with Crippen LogP contribution in [0.4, 0.5) is 0 Å². The molecule has 1 aliphatic heterocycles. The third kappa shape index (κ3) is 4.17. The molecule has 0 saturated carbocycles. The summed E-state index contributed by atoms with van der Waals surface area (Å²) in [7, 11) is 3.18. The van der Waals surface area contributed by atoms with Crippen LogP contribution in [0.25, 0.3) is 5.76 Å². The lowest BCUT2D eigenvalue weighted by Gasteiger charge is -2.23. The van der Waals surface area contributed by atoms with Crippen LogP contribution < -0.4 is 9.47 Å². The summed E-state index contributed by atoms with van der Waals surface area (Å²) in [6, 6.07) is 13.7. The lowest BCUT2D eigenvalue weighted by Crippen LogP contribution is -2.31. The second kappa shape index (κ2) is 9.47. The molecule has 1 aromatic heterocycles. The summed E-state index contributed by atoms with van der Waals surface area (Å²) in [5, 5.41) is 11.3. The highest BCUT2D eigenvalue weighted by molar-refractivity contribution is 6.46. The maximum absolute atomic E-state index is 13.2. The first-order chi connectivity index (χ1) is 16.3. The van der Waals surface area contributed by atoms with Crippen LogP contribution in [-0.4, -0.2) is 42.5 Å². The number of amides is 1. The molecule has 0 aliphatic carbocycles. The number of hydrogen-bond acceptors (Lipinski definition) is 6. The van der Waals surface area contributed by atoms with E-state index in [1.54, 1.807) is 38.5 Å². The Bertz CT molecular complexity index is 1240. The maximum atomic E-state index is 13.2. The van der Waals surface area contributed by atoms with E-state index in [2.05, 4.69) is 0 Å². The molecule has 7 nitrogen and oxygen atoms in total. The molecule has 34 heavy (non-hydrogen) atoms. The van der Waals surface area contributed by atoms with E-state index in [0.29, 0.717) is 23.5 Å². The molecule has 2 heterocycles. The Hall–Kier alpha value is -4.00. The number of carbonyl (C=O) groups excluding carboxylic acids is 2. The second-order valence-electron chi connectivity index (χ2n) is 8.24. The number of carbonyl (C=O) groups is 2. The molecule has 0 radical (unpaired) electrons. The number of ether oxygens (including phenoxy) is 2. The summed E-state index contributed by atoms with van der Waals surface area (Å²) in [6.07, 6.45) is 2.01. The molecule has 176 valence electrons. The molecule has 3 aromatic rings. The van der Waals surface area contributed by atoms with Crippen molar-refractivity contribution in [1.82, 2.24) is 4.90 Å². The number of hydrogen-bond donors (Lipinski definition) is 1. The van der Waals surface area contributed by atoms with Gasteiger partial charge in [0.05, 0.1) is 26.1 Å². The second-order valence-corrected chi connectivity index (χ2v) is 8.24. The highest BCUT2D eigenvalue weighted by Gasteiger charge is 2.47. The quantitative estimate of drug-likeness (QED) is 0.315. The minimum atomic E-state index is -0.824. The van der Waals surface area contributed by atoms with Crippen molar-refractivity contribution in [2.75, 3.05) is 20.8 Å². The number of rotatable bonds is 7. The average molecular weight is 462 g/mol. The van der Waals surface area contributed by atoms with Gasteiger partial charge in [-0.25, -0.2) is 0 Å². The minimum Gasteiger partial charge on any atom is -0.507 e. The number of aryl methyl sites for hydroxylation is 2. The number of ketones is 1. The molecule has 1 amide bonds. The first kappa shape index (κ1) is 23.2. The molecule has 0 spiro atoms. The number of Topliss-reactive ketones (excluding diaryl/α,β-unsaturated/α-hetero) is 1. The van der Waals surface area contributed by atoms with Gasteiger partial charge in [-0.2, -0.15) is 0 Å². The van der Waals surface area contributed by atoms with Crippen LogP contribution in [0.2, 0.25) is 0 Å². The van der Waals surface area contributed by atoms with E-state index in [9.17, 15) is 14.7 Å². The van der Waals surface area contributed by atoms with E-state index in [0.717, 1.165) is 22.4 Å². The monoisotopic (exact) mass is 461 g/mol. The van der Waals surface area contributed by atoms with Crippen LogP contribution in [0.15, 0.2) is 64.8 Å². The molecule has 1 aliphatic rings. The molecular weight excluding hydrogens is 434 g/mol. The largest absolute Gasteiger partial charge is 0.507 e. The van der Waals surface area contributed by atoms with Crippen LogP contribution >= 0.6 is 0 Å². The van der Waals surface area contributed by atoms with Gasteiger partial charge in [-0.3, -0.25) is 9.59 Å². The number of furan rings is 1. The van der Waals surface area contributed by atoms with Gasteiger partial charge in [0.2, 0.25) is 0 Å². The fourth-order valence-electron chi connectivity index (χ4n) is 4.30. The van der Waals surface area contributed by atoms with E-state index in [4.69, 9.17) is 13.9 Å². The lowest BCUT2D eigenvalue weighted by molar-refractivity contribution is -0.140. The van der Waals surface area contributed by atoms with Gasteiger partial charge in [-0.15, -0.1) is 0 Å². The fourth-order valence-corrected chi connectivity index (χ4v) is 4.30. The molecule has 7 heteroatoms. The van der Waals surface area contributed by atoms with Crippen LogP contribution in [0.1, 0.15) is 34.1 Å². The number of benzene rings is 2. The summed E-state index contributed by atoms with van der Waals surface area (Å²) in [4.78, 5) is 27.7. The minimum absolute atomic E-state index is 0.0161. The van der Waals surface area contributed by atoms with E-state index in [1.165, 1.54) is 11.2 Å². The van der Waals surface area contributed by atoms with Crippen LogP contribution in [0.3, 0.4) is 0 Å². The lowest BCUT2D eigenvalue weighted by atomic mass is 9.95. The summed E-state index contributed by atoms with van der Waals surface area (Å²) < 4.78 is 16.2. The average Bonchev–Trinajstić information content (AvgIpc) is 3.46. The molecule has 4 rings (SSSR count). The van der Waals surface area contributed by atoms with Crippen molar-refractivity contribution in [3.05, 3.63) is 88.4 Å². The molecule has 1 unspecified atom stereocenters. The van der Waals surface area contributed by atoms with Gasteiger partial charge in [0.1, 0.15) is 29.1 Å². The van der Waals surface area contributed by atoms with E-state index in [-0.39, 0.29) is 17.9 Å². The zero-order valence-corrected chi connectivity index (χ0v) is 19.6. The van der Waals surface area contributed by atoms with Gasteiger partial charge in [-0.1, -0.05) is 12.1 Å². The highest BCUT2D eigenvalue weighted by atomic mass is 16.5. The summed E-state index contributed by atoms with van der Waals surface area (Å²) >= 11 is 0. The molecular formula is C27H27NO6. The predicted molar refractivity (Wildman–Crippen MR) is 127 cm³/mol. The maximum Gasteiger partial charge on any atom is 0.295 e. The molecule has 0 bridgehead atoms. The van der Waals surface area contributed by atoms with Crippen molar-refractivity contribution < 1.29 is 28.6 Å². The molecule has 2 aromatic carbocycles. The van der Waals surface area contributed by atoms with Gasteiger partial charge in [0.25, 0.3) is 11.7 Å². The zero-order valence-electron chi connectivity index (χ0n) is 19.6. The summed E-state index contributed by atoms with van der Waals surface area (Å²) in [5.41, 5.74) is 3.01. The van der Waals surface area contributed by atoms with Gasteiger partial charge in [0, 0.05) is 12.1 Å². The predicted octanol–water partition coefficient (Wildman–Crippen LogP) is 4.58. The SMILES string of the molecule is COc1ccc(CCN2C(=O)C(=O)/C(=C(\O)c3cc(C)c(OC)cc3C)C2c2ccco2)cc1. The molecule has 1 fully saturated rings. The third-order valence-electron chi connectivity index (χ3n) is 6.15. The molecule has 1 saturated heterocycles. The number of likely N-dealkylation sites (tertiary alicyclic amines) is 1. The van der Waals surface area contributed by atoms with Gasteiger partial charge in [-0.05, 0) is 73.4 Å². The number of aliphatic hydroxyl groups excluding tert-OH is 1. The van der Waals surface area contributed by atoms with Crippen molar-refractivity contribution in [3.63, 3.8) is 0 Å². The zero-order chi connectivity index (χ0) is 24.4. The Morgan fingerprint density at radius 1 is 1.03 bits per heavy atom. The van der Waals surface area contributed by atoms with E-state index in [1.807, 2.05) is 38.1 Å². The Morgan fingerprint density at radius 2 is 1.76 bits per heavy atom. The van der Waals surface area contributed by atoms with E-state index < -0.39 is 17.7 Å². The number of nitrogens with zero attached hydrogens (tertiary/aromatic N) is 1. The van der Waals surface area contributed by atoms with Gasteiger partial charge >= 0.3 is 0 Å². The standard InChI is InChI=1S/C27H27NO6/c1-16-15-22(33-4)17(2)14-20(16)25(29)23-24(21-6-5-13-34-21)28(27(31)26(23)30)12-11-18-7-9-19(32-3)10-8-18/h5-10,13-15,24,29H,11-12H2,1-4H3/b25-23-. The Balaban J connectivity index is 1.74. The Morgan fingerprint density at radius 3 is 2.38 bits per heavy atom. The number of aliphatic hydroxyl groups is 1. The van der Waals surface area contributed by atoms with E-state index >= 15 is 0 Å².